The Morgan fingerprint density at radius 1 is 0.818 bits per heavy atom. The first-order valence-corrected chi connectivity index (χ1v) is 12.2. The number of benzene rings is 2. The number of ether oxygens (including phenoxy) is 4. The minimum Gasteiger partial charge on any atom is -0.492 e. The second-order valence-corrected chi connectivity index (χ2v) is 9.06. The van der Waals surface area contributed by atoms with Gasteiger partial charge in [-0.25, -0.2) is 12.7 Å². The van der Waals surface area contributed by atoms with E-state index < -0.39 is 15.9 Å². The van der Waals surface area contributed by atoms with Gasteiger partial charge in [0.15, 0.2) is 11.5 Å². The Kier molecular flexibility index (Phi) is 9.36. The minimum absolute atomic E-state index is 0.0381. The summed E-state index contributed by atoms with van der Waals surface area (Å²) in [5, 5.41) is 2.74. The molecule has 0 aliphatic heterocycles. The molecule has 0 aliphatic rings. The smallest absolute Gasteiger partial charge is 0.255 e. The molecule has 0 fully saturated rings. The van der Waals surface area contributed by atoms with Gasteiger partial charge in [-0.1, -0.05) is 0 Å². The predicted molar refractivity (Wildman–Crippen MR) is 126 cm³/mol. The molecule has 0 unspecified atom stereocenters. The highest BCUT2D eigenvalue weighted by molar-refractivity contribution is 7.89. The lowest BCUT2D eigenvalue weighted by Crippen LogP contribution is -2.23. The van der Waals surface area contributed by atoms with E-state index in [1.807, 2.05) is 20.8 Å². The van der Waals surface area contributed by atoms with Crippen molar-refractivity contribution < 1.29 is 32.2 Å². The van der Waals surface area contributed by atoms with Crippen molar-refractivity contribution in [1.82, 2.24) is 4.31 Å². The van der Waals surface area contributed by atoms with Gasteiger partial charge >= 0.3 is 0 Å². The molecule has 2 rings (SSSR count). The molecule has 0 aromatic heterocycles. The van der Waals surface area contributed by atoms with E-state index >= 15 is 0 Å². The fourth-order valence-corrected chi connectivity index (χ4v) is 4.03. The lowest BCUT2D eigenvalue weighted by atomic mass is 10.1. The number of hydrogen-bond donors (Lipinski definition) is 1. The molecule has 0 atom stereocenters. The standard InChI is InChI=1S/C23H32N2O7S/c1-7-29-18-12-11-17(15-21(18)33(27,28)25(5)6)24-23(26)16-13-19(30-8-2)22(32-10-4)20(14-16)31-9-3/h11-15H,7-10H2,1-6H3,(H,24,26). The molecule has 0 saturated carbocycles. The van der Waals surface area contributed by atoms with Crippen LogP contribution < -0.4 is 24.3 Å². The number of amides is 1. The normalized spacial score (nSPS) is 11.2. The quantitative estimate of drug-likeness (QED) is 0.493. The molecule has 33 heavy (non-hydrogen) atoms. The van der Waals surface area contributed by atoms with Gasteiger partial charge < -0.3 is 24.3 Å². The number of carbonyl (C=O) groups excluding carboxylic acids is 1. The van der Waals surface area contributed by atoms with Gasteiger partial charge in [-0.3, -0.25) is 4.79 Å². The van der Waals surface area contributed by atoms with Crippen LogP contribution in [-0.4, -0.2) is 59.2 Å². The van der Waals surface area contributed by atoms with Crippen LogP contribution in [0.15, 0.2) is 35.2 Å². The molecule has 0 saturated heterocycles. The molecule has 0 radical (unpaired) electrons. The van der Waals surface area contributed by atoms with Crippen LogP contribution in [0, 0.1) is 0 Å². The maximum Gasteiger partial charge on any atom is 0.255 e. The van der Waals surface area contributed by atoms with E-state index in [9.17, 15) is 13.2 Å². The maximum atomic E-state index is 13.0. The average Bonchev–Trinajstić information content (AvgIpc) is 2.77. The van der Waals surface area contributed by atoms with E-state index in [1.54, 1.807) is 25.1 Å². The molecule has 0 bridgehead atoms. The number of rotatable bonds is 12. The zero-order chi connectivity index (χ0) is 24.6. The number of nitrogens with one attached hydrogen (secondary N) is 1. The van der Waals surface area contributed by atoms with Gasteiger partial charge in [0.1, 0.15) is 10.6 Å². The van der Waals surface area contributed by atoms with Crippen molar-refractivity contribution in [3.63, 3.8) is 0 Å². The lowest BCUT2D eigenvalue weighted by Gasteiger charge is -2.18. The van der Waals surface area contributed by atoms with E-state index in [-0.39, 0.29) is 16.2 Å². The van der Waals surface area contributed by atoms with E-state index in [2.05, 4.69) is 5.32 Å². The van der Waals surface area contributed by atoms with Crippen molar-refractivity contribution >= 4 is 21.6 Å². The Balaban J connectivity index is 2.47. The van der Waals surface area contributed by atoms with Crippen molar-refractivity contribution in [2.24, 2.45) is 0 Å². The summed E-state index contributed by atoms with van der Waals surface area (Å²) in [6.07, 6.45) is 0. The number of anilines is 1. The fourth-order valence-electron chi connectivity index (χ4n) is 2.98. The van der Waals surface area contributed by atoms with Crippen LogP contribution in [0.25, 0.3) is 0 Å². The van der Waals surface area contributed by atoms with Crippen LogP contribution in [0.4, 0.5) is 5.69 Å². The largest absolute Gasteiger partial charge is 0.492 e. The molecular formula is C23H32N2O7S. The Bertz CT molecular complexity index is 1040. The summed E-state index contributed by atoms with van der Waals surface area (Å²) in [4.78, 5) is 13.0. The highest BCUT2D eigenvalue weighted by Gasteiger charge is 2.24. The maximum absolute atomic E-state index is 13.0. The monoisotopic (exact) mass is 480 g/mol. The second kappa shape index (κ2) is 11.8. The van der Waals surface area contributed by atoms with Crippen LogP contribution in [-0.2, 0) is 10.0 Å². The predicted octanol–water partition coefficient (Wildman–Crippen LogP) is 3.78. The van der Waals surface area contributed by atoms with Gasteiger partial charge in [0.2, 0.25) is 15.8 Å². The molecule has 9 nitrogen and oxygen atoms in total. The van der Waals surface area contributed by atoms with Gasteiger partial charge in [0, 0.05) is 25.3 Å². The number of nitrogens with zero attached hydrogens (tertiary/aromatic N) is 1. The first kappa shape index (κ1) is 26.3. The molecule has 182 valence electrons. The summed E-state index contributed by atoms with van der Waals surface area (Å²) in [5.74, 6) is 0.953. The molecule has 1 amide bonds. The molecule has 0 heterocycles. The first-order valence-electron chi connectivity index (χ1n) is 10.8. The van der Waals surface area contributed by atoms with Crippen LogP contribution >= 0.6 is 0 Å². The Labute approximate surface area is 195 Å². The first-order chi connectivity index (χ1) is 15.7. The summed E-state index contributed by atoms with van der Waals surface area (Å²) in [7, 11) is -0.930. The Hall–Kier alpha value is -2.98. The minimum atomic E-state index is -3.79. The molecule has 0 aliphatic carbocycles. The molecule has 2 aromatic rings. The van der Waals surface area contributed by atoms with Crippen LogP contribution in [0.2, 0.25) is 0 Å². The third-order valence-corrected chi connectivity index (χ3v) is 6.27. The van der Waals surface area contributed by atoms with E-state index in [4.69, 9.17) is 18.9 Å². The Morgan fingerprint density at radius 2 is 1.33 bits per heavy atom. The average molecular weight is 481 g/mol. The zero-order valence-electron chi connectivity index (χ0n) is 19.9. The zero-order valence-corrected chi connectivity index (χ0v) is 20.7. The Morgan fingerprint density at radius 3 is 1.82 bits per heavy atom. The van der Waals surface area contributed by atoms with Crippen molar-refractivity contribution in [3.8, 4) is 23.0 Å². The molecule has 0 spiro atoms. The third kappa shape index (κ3) is 6.29. The highest BCUT2D eigenvalue weighted by atomic mass is 32.2. The van der Waals surface area contributed by atoms with E-state index in [1.165, 1.54) is 26.2 Å². The van der Waals surface area contributed by atoms with Crippen LogP contribution in [0.3, 0.4) is 0 Å². The van der Waals surface area contributed by atoms with Crippen molar-refractivity contribution in [2.45, 2.75) is 32.6 Å². The van der Waals surface area contributed by atoms with E-state index in [0.29, 0.717) is 49.4 Å². The fraction of sp³-hybridized carbons (Fsp3) is 0.435. The number of carbonyl (C=O) groups is 1. The summed E-state index contributed by atoms with van der Waals surface area (Å²) in [6.45, 7) is 8.72. The van der Waals surface area contributed by atoms with Crippen molar-refractivity contribution in [1.29, 1.82) is 0 Å². The lowest BCUT2D eigenvalue weighted by molar-refractivity contribution is 0.102. The molecule has 10 heteroatoms. The molecular weight excluding hydrogens is 448 g/mol. The van der Waals surface area contributed by atoms with Crippen LogP contribution in [0.1, 0.15) is 38.1 Å². The summed E-state index contributed by atoms with van der Waals surface area (Å²) in [5.41, 5.74) is 0.574. The SMILES string of the molecule is CCOc1ccc(NC(=O)c2cc(OCC)c(OCC)c(OCC)c2)cc1S(=O)(=O)N(C)C. The van der Waals surface area contributed by atoms with Crippen molar-refractivity contribution in [2.75, 3.05) is 45.8 Å². The molecule has 2 aromatic carbocycles. The topological polar surface area (TPSA) is 103 Å². The van der Waals surface area contributed by atoms with Gasteiger partial charge in [-0.05, 0) is 58.0 Å². The third-order valence-electron chi connectivity index (χ3n) is 4.43. The second-order valence-electron chi connectivity index (χ2n) is 6.94. The number of sulfonamides is 1. The number of hydrogen-bond acceptors (Lipinski definition) is 7. The summed E-state index contributed by atoms with van der Waals surface area (Å²) >= 11 is 0. The van der Waals surface area contributed by atoms with Crippen LogP contribution in [0.5, 0.6) is 23.0 Å². The summed E-state index contributed by atoms with van der Waals surface area (Å²) in [6, 6.07) is 7.61. The molecule has 1 N–H and O–H groups in total. The highest BCUT2D eigenvalue weighted by Crippen LogP contribution is 2.39. The van der Waals surface area contributed by atoms with Gasteiger partial charge in [-0.15, -0.1) is 0 Å². The van der Waals surface area contributed by atoms with Gasteiger partial charge in [0.05, 0.1) is 26.4 Å². The van der Waals surface area contributed by atoms with Gasteiger partial charge in [0.25, 0.3) is 5.91 Å². The summed E-state index contributed by atoms with van der Waals surface area (Å²) < 4.78 is 49.1. The van der Waals surface area contributed by atoms with Gasteiger partial charge in [-0.2, -0.15) is 0 Å². The van der Waals surface area contributed by atoms with Crippen molar-refractivity contribution in [3.05, 3.63) is 35.9 Å². The van der Waals surface area contributed by atoms with E-state index in [0.717, 1.165) is 4.31 Å².